The van der Waals surface area contributed by atoms with Gasteiger partial charge in [-0.15, -0.1) is 0 Å². The van der Waals surface area contributed by atoms with E-state index >= 15 is 0 Å². The van der Waals surface area contributed by atoms with E-state index in [1.807, 2.05) is 0 Å². The highest BCUT2D eigenvalue weighted by molar-refractivity contribution is 8.77. The number of carbonyl (C=O) groups excluding carboxylic acids is 2. The fourth-order valence-corrected chi connectivity index (χ4v) is 4.26. The molecule has 0 aliphatic heterocycles. The third-order valence-corrected chi connectivity index (χ3v) is 5.78. The molecule has 126 valence electrons. The fourth-order valence-electron chi connectivity index (χ4n) is 1.46. The Morgan fingerprint density at radius 2 is 1.50 bits per heavy atom. The van der Waals surface area contributed by atoms with Crippen LogP contribution < -0.4 is 10.6 Å². The van der Waals surface area contributed by atoms with Crippen LogP contribution in [-0.4, -0.2) is 56.5 Å². The van der Waals surface area contributed by atoms with E-state index in [2.05, 4.69) is 10.6 Å². The van der Waals surface area contributed by atoms with Crippen LogP contribution in [0.5, 0.6) is 0 Å². The number of aliphatic carboxylic acids is 2. The van der Waals surface area contributed by atoms with Crippen molar-refractivity contribution in [1.82, 2.24) is 10.6 Å². The summed E-state index contributed by atoms with van der Waals surface area (Å²) in [7, 11) is 2.25. The molecule has 0 rings (SSSR count). The van der Waals surface area contributed by atoms with E-state index in [9.17, 15) is 24.3 Å². The van der Waals surface area contributed by atoms with Gasteiger partial charge in [0.1, 0.15) is 12.1 Å². The molecule has 0 aromatic rings. The van der Waals surface area contributed by atoms with E-state index in [0.29, 0.717) is 0 Å². The molecule has 10 heteroatoms. The molecular formula is C12H20N2O6S2. The predicted octanol–water partition coefficient (Wildman–Crippen LogP) is 0.325. The summed E-state index contributed by atoms with van der Waals surface area (Å²) in [5, 5.41) is 22.8. The van der Waals surface area contributed by atoms with E-state index in [-0.39, 0.29) is 5.75 Å². The Kier molecular flexibility index (Phi) is 8.31. The molecule has 4 N–H and O–H groups in total. The lowest BCUT2D eigenvalue weighted by molar-refractivity contribution is -0.142. The lowest BCUT2D eigenvalue weighted by Crippen LogP contribution is -2.51. The largest absolute Gasteiger partial charge is 0.480 e. The van der Waals surface area contributed by atoms with E-state index in [4.69, 9.17) is 5.11 Å². The number of nitrogens with one attached hydrogen (secondary N) is 2. The van der Waals surface area contributed by atoms with Crippen molar-refractivity contribution < 1.29 is 29.4 Å². The Morgan fingerprint density at radius 1 is 1.00 bits per heavy atom. The van der Waals surface area contributed by atoms with Crippen molar-refractivity contribution in [1.29, 1.82) is 0 Å². The zero-order valence-corrected chi connectivity index (χ0v) is 14.3. The van der Waals surface area contributed by atoms with Gasteiger partial charge in [-0.05, 0) is 13.8 Å². The monoisotopic (exact) mass is 352 g/mol. The number of carboxylic acids is 2. The molecule has 2 amide bonds. The number of carboxylic acid groups (broad SMARTS) is 2. The quantitative estimate of drug-likeness (QED) is 0.436. The second kappa shape index (κ2) is 8.89. The molecule has 0 fully saturated rings. The first-order chi connectivity index (χ1) is 9.97. The molecule has 22 heavy (non-hydrogen) atoms. The van der Waals surface area contributed by atoms with Crippen molar-refractivity contribution in [3.8, 4) is 0 Å². The second-order valence-electron chi connectivity index (χ2n) is 5.03. The second-order valence-corrected chi connectivity index (χ2v) is 8.03. The highest BCUT2D eigenvalue weighted by Gasteiger charge is 2.37. The first-order valence-electron chi connectivity index (χ1n) is 6.27. The maximum absolute atomic E-state index is 11.2. The van der Waals surface area contributed by atoms with E-state index in [1.165, 1.54) is 13.8 Å². The predicted molar refractivity (Wildman–Crippen MR) is 84.6 cm³/mol. The standard InChI is InChI=1S/C12H20N2O6S2/c1-6(15)13-8(10(17)18)5-21-22-12(3,4)9(11(19)20)14-7(2)16/h8-9H,5H2,1-4H3,(H,13,15)(H,14,16)(H,17,18)(H,19,20). The summed E-state index contributed by atoms with van der Waals surface area (Å²) >= 11 is 0. The molecule has 0 saturated carbocycles. The minimum Gasteiger partial charge on any atom is -0.480 e. The van der Waals surface area contributed by atoms with Crippen LogP contribution in [0.15, 0.2) is 0 Å². The van der Waals surface area contributed by atoms with Gasteiger partial charge >= 0.3 is 11.9 Å². The summed E-state index contributed by atoms with van der Waals surface area (Å²) in [6, 6.07) is -2.18. The first kappa shape index (κ1) is 20.6. The molecule has 0 bridgehead atoms. The van der Waals surface area contributed by atoms with Crippen LogP contribution in [0.25, 0.3) is 0 Å². The summed E-state index contributed by atoms with van der Waals surface area (Å²) in [6.07, 6.45) is 0. The normalized spacial score (nSPS) is 13.8. The summed E-state index contributed by atoms with van der Waals surface area (Å²) < 4.78 is -0.874. The van der Waals surface area contributed by atoms with Crippen molar-refractivity contribution in [2.24, 2.45) is 0 Å². The van der Waals surface area contributed by atoms with Crippen LogP contribution in [-0.2, 0) is 19.2 Å². The SMILES string of the molecule is CC(=O)NC(CSSC(C)(C)C(NC(C)=O)C(=O)O)C(=O)O. The number of hydrogen-bond donors (Lipinski definition) is 4. The molecule has 0 heterocycles. The lowest BCUT2D eigenvalue weighted by atomic mass is 10.0. The summed E-state index contributed by atoms with van der Waals surface area (Å²) in [5.74, 6) is -3.20. The maximum Gasteiger partial charge on any atom is 0.327 e. The lowest BCUT2D eigenvalue weighted by Gasteiger charge is -2.30. The van der Waals surface area contributed by atoms with Crippen molar-refractivity contribution in [3.05, 3.63) is 0 Å². The smallest absolute Gasteiger partial charge is 0.327 e. The molecule has 0 saturated heterocycles. The summed E-state index contributed by atoms with van der Waals surface area (Å²) in [6.45, 7) is 5.71. The topological polar surface area (TPSA) is 133 Å². The van der Waals surface area contributed by atoms with Crippen molar-refractivity contribution in [3.63, 3.8) is 0 Å². The minimum absolute atomic E-state index is 0.0649. The minimum atomic E-state index is -1.18. The Hall–Kier alpha value is -1.42. The molecule has 0 radical (unpaired) electrons. The molecule has 0 aromatic carbocycles. The van der Waals surface area contributed by atoms with E-state index in [0.717, 1.165) is 21.6 Å². The van der Waals surface area contributed by atoms with Crippen molar-refractivity contribution in [2.45, 2.75) is 44.5 Å². The average Bonchev–Trinajstić information content (AvgIpc) is 2.33. The van der Waals surface area contributed by atoms with Crippen molar-refractivity contribution >= 4 is 45.3 Å². The summed E-state index contributed by atoms with van der Waals surface area (Å²) in [4.78, 5) is 44.2. The fraction of sp³-hybridized carbons (Fsp3) is 0.667. The molecule has 2 atom stereocenters. The van der Waals surface area contributed by atoms with Gasteiger partial charge in [-0.3, -0.25) is 9.59 Å². The molecule has 8 nitrogen and oxygen atoms in total. The van der Waals surface area contributed by atoms with Crippen LogP contribution in [0.4, 0.5) is 0 Å². The van der Waals surface area contributed by atoms with Crippen LogP contribution >= 0.6 is 21.6 Å². The number of amides is 2. The van der Waals surface area contributed by atoms with Gasteiger partial charge in [-0.2, -0.15) is 0 Å². The molecular weight excluding hydrogens is 332 g/mol. The van der Waals surface area contributed by atoms with Gasteiger partial charge in [0, 0.05) is 19.6 Å². The van der Waals surface area contributed by atoms with Gasteiger partial charge in [0.2, 0.25) is 11.8 Å². The van der Waals surface area contributed by atoms with Gasteiger partial charge < -0.3 is 20.8 Å². The zero-order chi connectivity index (χ0) is 17.5. The van der Waals surface area contributed by atoms with Gasteiger partial charge in [0.25, 0.3) is 0 Å². The number of rotatable bonds is 9. The third-order valence-electron chi connectivity index (χ3n) is 2.47. The van der Waals surface area contributed by atoms with Crippen LogP contribution in [0.3, 0.4) is 0 Å². The highest BCUT2D eigenvalue weighted by Crippen LogP contribution is 2.38. The third kappa shape index (κ3) is 7.55. The Bertz CT molecular complexity index is 455. The van der Waals surface area contributed by atoms with Crippen LogP contribution in [0, 0.1) is 0 Å². The van der Waals surface area contributed by atoms with Gasteiger partial charge in [-0.25, -0.2) is 9.59 Å². The van der Waals surface area contributed by atoms with E-state index in [1.54, 1.807) is 13.8 Å². The first-order valence-corrected chi connectivity index (χ1v) is 8.59. The Balaban J connectivity index is 4.69. The molecule has 0 aliphatic carbocycles. The molecule has 0 aliphatic rings. The number of hydrogen-bond acceptors (Lipinski definition) is 6. The Labute approximate surface area is 136 Å². The van der Waals surface area contributed by atoms with E-state index < -0.39 is 40.6 Å². The van der Waals surface area contributed by atoms with Gasteiger partial charge in [-0.1, -0.05) is 21.6 Å². The van der Waals surface area contributed by atoms with Crippen LogP contribution in [0.2, 0.25) is 0 Å². The molecule has 0 aromatic heterocycles. The van der Waals surface area contributed by atoms with Gasteiger partial charge in [0.15, 0.2) is 0 Å². The summed E-state index contributed by atoms with van der Waals surface area (Å²) in [5.41, 5.74) is 0. The maximum atomic E-state index is 11.2. The number of carbonyl (C=O) groups is 4. The van der Waals surface area contributed by atoms with Crippen LogP contribution in [0.1, 0.15) is 27.7 Å². The zero-order valence-electron chi connectivity index (χ0n) is 12.7. The molecule has 0 spiro atoms. The van der Waals surface area contributed by atoms with Gasteiger partial charge in [0.05, 0.1) is 4.75 Å². The average molecular weight is 352 g/mol. The highest BCUT2D eigenvalue weighted by atomic mass is 33.1. The van der Waals surface area contributed by atoms with Crippen molar-refractivity contribution in [2.75, 3.05) is 5.75 Å². The Morgan fingerprint density at radius 3 is 1.86 bits per heavy atom. The molecule has 2 unspecified atom stereocenters.